The van der Waals surface area contributed by atoms with Gasteiger partial charge in [0.1, 0.15) is 0 Å². The number of hydrogen-bond donors (Lipinski definition) is 1. The number of amides is 1. The van der Waals surface area contributed by atoms with Crippen LogP contribution < -0.4 is 5.32 Å². The van der Waals surface area contributed by atoms with E-state index in [2.05, 4.69) is 10.1 Å². The van der Waals surface area contributed by atoms with Crippen molar-refractivity contribution in [3.8, 4) is 0 Å². The summed E-state index contributed by atoms with van der Waals surface area (Å²) in [5, 5.41) is 2.49. The molecule has 0 aliphatic heterocycles. The molecule has 0 spiro atoms. The summed E-state index contributed by atoms with van der Waals surface area (Å²) in [6, 6.07) is 8.96. The number of aryl methyl sites for hydroxylation is 1. The van der Waals surface area contributed by atoms with Gasteiger partial charge >= 0.3 is 12.4 Å². The first kappa shape index (κ1) is 20.2. The van der Waals surface area contributed by atoms with Crippen molar-refractivity contribution in [3.63, 3.8) is 0 Å². The fourth-order valence-electron chi connectivity index (χ4n) is 2.79. The van der Waals surface area contributed by atoms with Crippen LogP contribution in [-0.4, -0.2) is 18.3 Å². The van der Waals surface area contributed by atoms with Crippen molar-refractivity contribution in [2.45, 2.75) is 32.6 Å². The number of benzene rings is 2. The second-order valence-electron chi connectivity index (χ2n) is 5.91. The molecule has 0 atom stereocenters. The molecular weight excluding hydrogens is 356 g/mol. The number of nitrogens with one attached hydrogen (secondary N) is 1. The van der Waals surface area contributed by atoms with Gasteiger partial charge in [-0.25, -0.2) is 18.4 Å². The molecule has 2 rings (SSSR count). The molecule has 1 N–H and O–H groups in total. The molecule has 7 heteroatoms. The van der Waals surface area contributed by atoms with Crippen LogP contribution in [0.5, 0.6) is 0 Å². The fraction of sp³-hybridized carbons (Fsp3) is 0.250. The minimum Gasteiger partial charge on any atom is -0.381 e. The van der Waals surface area contributed by atoms with Crippen LogP contribution in [0, 0.1) is 11.6 Å². The molecule has 141 valence electrons. The molecule has 0 saturated heterocycles. The van der Waals surface area contributed by atoms with Gasteiger partial charge in [0.15, 0.2) is 11.6 Å². The maximum Gasteiger partial charge on any atom is 0.425 e. The highest BCUT2D eigenvalue weighted by Crippen LogP contribution is 2.24. The topological polar surface area (TPSA) is 72.5 Å². The number of esters is 1. The van der Waals surface area contributed by atoms with E-state index >= 15 is 0 Å². The Morgan fingerprint density at radius 2 is 1.78 bits per heavy atom. The van der Waals surface area contributed by atoms with Gasteiger partial charge in [-0.15, -0.1) is 0 Å². The number of halogens is 2. The Balaban J connectivity index is 2.04. The zero-order valence-corrected chi connectivity index (χ0v) is 14.7. The van der Waals surface area contributed by atoms with Crippen molar-refractivity contribution in [2.24, 2.45) is 0 Å². The highest BCUT2D eigenvalue weighted by molar-refractivity contribution is 5.94. The van der Waals surface area contributed by atoms with E-state index in [4.69, 9.17) is 0 Å². The van der Waals surface area contributed by atoms with Crippen molar-refractivity contribution in [1.29, 1.82) is 0 Å². The molecule has 0 aliphatic carbocycles. The summed E-state index contributed by atoms with van der Waals surface area (Å²) < 4.78 is 31.9. The maximum absolute atomic E-state index is 14.1. The summed E-state index contributed by atoms with van der Waals surface area (Å²) in [4.78, 5) is 33.2. The minimum atomic E-state index is -0.980. The van der Waals surface area contributed by atoms with Gasteiger partial charge in [-0.1, -0.05) is 18.2 Å². The van der Waals surface area contributed by atoms with Gasteiger partial charge in [0.05, 0.1) is 5.56 Å². The lowest BCUT2D eigenvalue weighted by atomic mass is 9.99. The molecule has 0 saturated carbocycles. The van der Waals surface area contributed by atoms with Crippen LogP contribution in [-0.2, 0) is 27.2 Å². The summed E-state index contributed by atoms with van der Waals surface area (Å²) in [5.74, 6) is -3.12. The number of carbonyl (C=O) groups excluding carboxylic acids is 3. The highest BCUT2D eigenvalue weighted by atomic mass is 19.2. The number of carbonyl (C=O) groups is 2. The first-order chi connectivity index (χ1) is 12.9. The van der Waals surface area contributed by atoms with Gasteiger partial charge in [-0.05, 0) is 49.4 Å². The molecule has 27 heavy (non-hydrogen) atoms. The number of unbranched alkanes of at least 4 members (excludes halogenated alkanes) is 1. The lowest BCUT2D eigenvalue weighted by molar-refractivity contribution is -0.114. The first-order valence-electron chi connectivity index (χ1n) is 8.34. The number of anilines is 1. The quantitative estimate of drug-likeness (QED) is 0.434. The minimum absolute atomic E-state index is 0.105. The fourth-order valence-corrected chi connectivity index (χ4v) is 2.79. The summed E-state index contributed by atoms with van der Waals surface area (Å²) in [5.41, 5.74) is 1.29. The molecule has 5 nitrogen and oxygen atoms in total. The average Bonchev–Trinajstić information content (AvgIpc) is 2.64. The number of hydrogen-bond acceptors (Lipinski definition) is 4. The van der Waals surface area contributed by atoms with E-state index in [0.717, 1.165) is 12.5 Å². The molecule has 0 heterocycles. The maximum atomic E-state index is 14.1. The molecule has 0 unspecified atom stereocenters. The molecule has 2 aromatic carbocycles. The summed E-state index contributed by atoms with van der Waals surface area (Å²) in [6.45, 7) is 2.39. The Bertz CT molecular complexity index is 852. The Morgan fingerprint density at radius 3 is 2.48 bits per heavy atom. The van der Waals surface area contributed by atoms with Gasteiger partial charge in [-0.2, -0.15) is 0 Å². The lowest BCUT2D eigenvalue weighted by Crippen LogP contribution is -2.10. The van der Waals surface area contributed by atoms with Crippen molar-refractivity contribution >= 4 is 24.0 Å². The van der Waals surface area contributed by atoms with Gasteiger partial charge in [-0.3, -0.25) is 4.79 Å². The molecule has 1 amide bonds. The van der Waals surface area contributed by atoms with Crippen LogP contribution in [0.25, 0.3) is 0 Å². The first-order valence-corrected chi connectivity index (χ1v) is 8.34. The van der Waals surface area contributed by atoms with E-state index in [1.165, 1.54) is 19.1 Å². The van der Waals surface area contributed by atoms with E-state index in [0.29, 0.717) is 24.8 Å². The zero-order valence-electron chi connectivity index (χ0n) is 14.7. The second kappa shape index (κ2) is 9.56. The Labute approximate surface area is 155 Å². The van der Waals surface area contributed by atoms with Crippen molar-refractivity contribution in [2.75, 3.05) is 5.32 Å². The molecule has 1 radical (unpaired) electrons. The third-order valence-corrected chi connectivity index (χ3v) is 4.00. The van der Waals surface area contributed by atoms with E-state index in [9.17, 15) is 23.2 Å². The molecule has 0 bridgehead atoms. The van der Waals surface area contributed by atoms with Gasteiger partial charge < -0.3 is 10.1 Å². The van der Waals surface area contributed by atoms with Crippen LogP contribution in [0.3, 0.4) is 0 Å². The van der Waals surface area contributed by atoms with Crippen molar-refractivity contribution in [1.82, 2.24) is 0 Å². The largest absolute Gasteiger partial charge is 0.425 e. The zero-order chi connectivity index (χ0) is 19.8. The van der Waals surface area contributed by atoms with Crippen LogP contribution >= 0.6 is 0 Å². The normalized spacial score (nSPS) is 10.3. The van der Waals surface area contributed by atoms with Crippen molar-refractivity contribution < 1.29 is 27.9 Å². The SMILES string of the molecule is CC(=O)Nc1ccc(F)c(F)c1CCCCc1ccccc1C(=O)O[C]=O. The van der Waals surface area contributed by atoms with Crippen LogP contribution in [0.2, 0.25) is 0 Å². The third-order valence-electron chi connectivity index (χ3n) is 4.00. The summed E-state index contributed by atoms with van der Waals surface area (Å²) >= 11 is 0. The molecule has 0 aromatic heterocycles. The van der Waals surface area contributed by atoms with Gasteiger partial charge in [0, 0.05) is 18.2 Å². The van der Waals surface area contributed by atoms with Crippen LogP contribution in [0.15, 0.2) is 36.4 Å². The standard InChI is InChI=1S/C20H18F2NO4/c1-13(25)23-18-11-10-17(21)19(22)16(18)9-5-3-7-14-6-2-4-8-15(14)20(26)27-12-24/h2,4,6,8,10-11H,3,5,7,9H2,1H3,(H,23,25). The molecular formula is C20H18F2NO4. The van der Waals surface area contributed by atoms with Gasteiger partial charge in [0.2, 0.25) is 5.91 Å². The Kier molecular flexibility index (Phi) is 7.16. The smallest absolute Gasteiger partial charge is 0.381 e. The van der Waals surface area contributed by atoms with E-state index in [-0.39, 0.29) is 29.1 Å². The number of ether oxygens (including phenoxy) is 1. The third kappa shape index (κ3) is 5.44. The average molecular weight is 374 g/mol. The van der Waals surface area contributed by atoms with E-state index < -0.39 is 17.6 Å². The predicted molar refractivity (Wildman–Crippen MR) is 94.9 cm³/mol. The Hall–Kier alpha value is -3.09. The summed E-state index contributed by atoms with van der Waals surface area (Å²) in [6.07, 6.45) is 1.77. The van der Waals surface area contributed by atoms with Gasteiger partial charge in [0.25, 0.3) is 0 Å². The predicted octanol–water partition coefficient (Wildman–Crippen LogP) is 3.71. The van der Waals surface area contributed by atoms with E-state index in [1.54, 1.807) is 18.2 Å². The molecule has 0 fully saturated rings. The second-order valence-corrected chi connectivity index (χ2v) is 5.91. The number of rotatable bonds is 8. The van der Waals surface area contributed by atoms with E-state index in [1.807, 2.05) is 0 Å². The highest BCUT2D eigenvalue weighted by Gasteiger charge is 2.15. The lowest BCUT2D eigenvalue weighted by Gasteiger charge is -2.12. The van der Waals surface area contributed by atoms with Crippen LogP contribution in [0.1, 0.15) is 41.3 Å². The van der Waals surface area contributed by atoms with Crippen molar-refractivity contribution in [3.05, 3.63) is 64.7 Å². The molecule has 2 aromatic rings. The molecule has 0 aliphatic rings. The monoisotopic (exact) mass is 374 g/mol. The summed E-state index contributed by atoms with van der Waals surface area (Å²) in [7, 11) is 0. The Morgan fingerprint density at radius 1 is 1.07 bits per heavy atom. The van der Waals surface area contributed by atoms with Crippen LogP contribution in [0.4, 0.5) is 14.5 Å².